The summed E-state index contributed by atoms with van der Waals surface area (Å²) in [6.07, 6.45) is 0. The summed E-state index contributed by atoms with van der Waals surface area (Å²) in [7, 11) is 0. The molecule has 1 N–H and O–H groups in total. The van der Waals surface area contributed by atoms with Crippen molar-refractivity contribution < 1.29 is 5.11 Å². The average molecular weight is 623 g/mol. The van der Waals surface area contributed by atoms with Crippen LogP contribution in [0.4, 0.5) is 17.1 Å². The number of anilines is 3. The number of nitrogens with zero attached hydrogens (tertiary/aromatic N) is 1. The molecule has 7 rings (SSSR count). The maximum atomic E-state index is 12.8. The van der Waals surface area contributed by atoms with Crippen LogP contribution in [0.2, 0.25) is 0 Å². The molecule has 0 amide bonds. The molecule has 3 heteroatoms. The molecule has 0 fully saturated rings. The molecule has 6 aromatic carbocycles. The summed E-state index contributed by atoms with van der Waals surface area (Å²) < 4.78 is 0.916. The lowest BCUT2D eigenvalue weighted by Crippen LogP contribution is -2.31. The van der Waals surface area contributed by atoms with Gasteiger partial charge in [-0.05, 0) is 75.8 Å². The van der Waals surface area contributed by atoms with E-state index < -0.39 is 5.60 Å². The molecule has 1 aliphatic heterocycles. The van der Waals surface area contributed by atoms with Crippen molar-refractivity contribution in [3.8, 4) is 11.1 Å². The van der Waals surface area contributed by atoms with Crippen LogP contribution in [0.1, 0.15) is 41.7 Å². The molecule has 0 saturated heterocycles. The molecule has 0 spiro atoms. The molecule has 0 saturated carbocycles. The van der Waals surface area contributed by atoms with Gasteiger partial charge in [0.05, 0.1) is 11.4 Å². The Bertz CT molecular complexity index is 1880. The van der Waals surface area contributed by atoms with E-state index >= 15 is 0 Å². The van der Waals surface area contributed by atoms with Crippen molar-refractivity contribution >= 4 is 33.0 Å². The van der Waals surface area contributed by atoms with E-state index in [-0.39, 0.29) is 5.41 Å². The van der Waals surface area contributed by atoms with Crippen LogP contribution in [0.25, 0.3) is 11.1 Å². The second kappa shape index (κ2) is 10.7. The van der Waals surface area contributed by atoms with E-state index in [1.807, 2.05) is 60.7 Å². The average Bonchev–Trinajstić information content (AvgIpc) is 3.06. The van der Waals surface area contributed by atoms with Crippen LogP contribution in [-0.4, -0.2) is 5.11 Å². The Morgan fingerprint density at radius 1 is 0.581 bits per heavy atom. The molecule has 0 unspecified atom stereocenters. The van der Waals surface area contributed by atoms with E-state index in [2.05, 4.69) is 126 Å². The van der Waals surface area contributed by atoms with Crippen LogP contribution in [0.5, 0.6) is 0 Å². The highest BCUT2D eigenvalue weighted by Gasteiger charge is 2.39. The summed E-state index contributed by atoms with van der Waals surface area (Å²) in [4.78, 5) is 2.37. The van der Waals surface area contributed by atoms with Crippen LogP contribution in [0.15, 0.2) is 156 Å². The molecule has 1 aliphatic rings. The minimum absolute atomic E-state index is 0.238. The van der Waals surface area contributed by atoms with E-state index in [9.17, 15) is 5.11 Å². The number of halogens is 1. The Morgan fingerprint density at radius 3 is 1.79 bits per heavy atom. The van der Waals surface area contributed by atoms with E-state index in [0.717, 1.165) is 38.0 Å². The van der Waals surface area contributed by atoms with Crippen molar-refractivity contribution in [1.82, 2.24) is 0 Å². The molecule has 0 bridgehead atoms. The second-order valence-corrected chi connectivity index (χ2v) is 12.6. The van der Waals surface area contributed by atoms with Gasteiger partial charge in [0.15, 0.2) is 0 Å². The Hall–Kier alpha value is -4.44. The Balaban J connectivity index is 1.47. The van der Waals surface area contributed by atoms with Gasteiger partial charge >= 0.3 is 0 Å². The van der Waals surface area contributed by atoms with Gasteiger partial charge in [-0.15, -0.1) is 0 Å². The highest BCUT2D eigenvalue weighted by Crippen LogP contribution is 2.53. The molecule has 1 heterocycles. The highest BCUT2D eigenvalue weighted by molar-refractivity contribution is 9.10. The Morgan fingerprint density at radius 2 is 1.14 bits per heavy atom. The molecule has 43 heavy (non-hydrogen) atoms. The molecule has 0 aromatic heterocycles. The lowest BCUT2D eigenvalue weighted by atomic mass is 9.72. The summed E-state index contributed by atoms with van der Waals surface area (Å²) in [5.41, 5.74) is 8.94. The van der Waals surface area contributed by atoms with Gasteiger partial charge in [-0.1, -0.05) is 139 Å². The zero-order chi connectivity index (χ0) is 29.6. The molecule has 0 radical (unpaired) electrons. The van der Waals surface area contributed by atoms with Crippen LogP contribution in [-0.2, 0) is 11.0 Å². The number of rotatable bonds is 5. The first-order valence-corrected chi connectivity index (χ1v) is 15.4. The first-order chi connectivity index (χ1) is 20.9. The number of aliphatic hydroxyl groups is 1. The zero-order valence-electron chi connectivity index (χ0n) is 24.2. The summed E-state index contributed by atoms with van der Waals surface area (Å²) in [5.74, 6) is 0. The molecule has 6 aromatic rings. The monoisotopic (exact) mass is 621 g/mol. The number of benzene rings is 6. The second-order valence-electron chi connectivity index (χ2n) is 11.7. The normalized spacial score (nSPS) is 13.7. The maximum absolute atomic E-state index is 12.8. The SMILES string of the molecule is CC1(C)c2ccccc2N(c2ccccc2)c2ccc(-c3ccc(Br)cc3C(O)(c3ccccc3)c3ccccc3)cc21. The minimum Gasteiger partial charge on any atom is -0.376 e. The third-order valence-electron chi connectivity index (χ3n) is 8.81. The summed E-state index contributed by atoms with van der Waals surface area (Å²) in [6, 6.07) is 52.2. The molecular weight excluding hydrogens is 590 g/mol. The third kappa shape index (κ3) is 4.52. The number of hydrogen-bond acceptors (Lipinski definition) is 2. The van der Waals surface area contributed by atoms with Crippen molar-refractivity contribution in [3.63, 3.8) is 0 Å². The van der Waals surface area contributed by atoms with E-state index in [0.29, 0.717) is 0 Å². The summed E-state index contributed by atoms with van der Waals surface area (Å²) >= 11 is 3.72. The number of hydrogen-bond donors (Lipinski definition) is 1. The summed E-state index contributed by atoms with van der Waals surface area (Å²) in [6.45, 7) is 4.62. The van der Waals surface area contributed by atoms with E-state index in [4.69, 9.17) is 0 Å². The predicted octanol–water partition coefficient (Wildman–Crippen LogP) is 10.5. The van der Waals surface area contributed by atoms with Crippen LogP contribution < -0.4 is 4.90 Å². The third-order valence-corrected chi connectivity index (χ3v) is 9.30. The van der Waals surface area contributed by atoms with E-state index in [1.165, 1.54) is 22.5 Å². The van der Waals surface area contributed by atoms with Crippen molar-refractivity contribution in [2.45, 2.75) is 24.9 Å². The fourth-order valence-corrected chi connectivity index (χ4v) is 6.99. The van der Waals surface area contributed by atoms with Crippen LogP contribution in [0, 0.1) is 0 Å². The van der Waals surface area contributed by atoms with Gasteiger partial charge < -0.3 is 10.0 Å². The fourth-order valence-electron chi connectivity index (χ4n) is 6.63. The minimum atomic E-state index is -1.37. The Labute approximate surface area is 262 Å². The van der Waals surface area contributed by atoms with Gasteiger partial charge in [0, 0.05) is 21.1 Å². The van der Waals surface area contributed by atoms with Gasteiger partial charge in [0.25, 0.3) is 0 Å². The zero-order valence-corrected chi connectivity index (χ0v) is 25.8. The molecule has 2 nitrogen and oxygen atoms in total. The van der Waals surface area contributed by atoms with Gasteiger partial charge in [-0.25, -0.2) is 0 Å². The van der Waals surface area contributed by atoms with E-state index in [1.54, 1.807) is 0 Å². The first-order valence-electron chi connectivity index (χ1n) is 14.6. The van der Waals surface area contributed by atoms with Gasteiger partial charge in [0.1, 0.15) is 5.60 Å². The molecule has 0 aliphatic carbocycles. The standard InChI is InChI=1S/C40H32BrNO/c1-39(2)34-20-12-13-21-37(34)42(32-18-10-5-11-19-32)38-25-22-28(26-36(38)39)33-24-23-31(41)27-35(33)40(43,29-14-6-3-7-15-29)30-16-8-4-9-17-30/h3-27,43H,1-2H3. The smallest absolute Gasteiger partial charge is 0.141 e. The van der Waals surface area contributed by atoms with Crippen molar-refractivity contribution in [3.05, 3.63) is 184 Å². The van der Waals surface area contributed by atoms with Gasteiger partial charge in [-0.3, -0.25) is 0 Å². The van der Waals surface area contributed by atoms with Crippen molar-refractivity contribution in [2.75, 3.05) is 4.90 Å². The lowest BCUT2D eigenvalue weighted by molar-refractivity contribution is 0.126. The summed E-state index contributed by atoms with van der Waals surface area (Å²) in [5, 5.41) is 12.8. The largest absolute Gasteiger partial charge is 0.376 e. The topological polar surface area (TPSA) is 23.5 Å². The van der Waals surface area contributed by atoms with Gasteiger partial charge in [-0.2, -0.15) is 0 Å². The molecule has 0 atom stereocenters. The highest BCUT2D eigenvalue weighted by atomic mass is 79.9. The van der Waals surface area contributed by atoms with Crippen LogP contribution >= 0.6 is 15.9 Å². The first kappa shape index (κ1) is 27.4. The number of fused-ring (bicyclic) bond motifs is 2. The molecular formula is C40H32BrNO. The van der Waals surface area contributed by atoms with Crippen molar-refractivity contribution in [1.29, 1.82) is 0 Å². The fraction of sp³-hybridized carbons (Fsp3) is 0.100. The quantitative estimate of drug-likeness (QED) is 0.193. The molecule has 210 valence electrons. The predicted molar refractivity (Wildman–Crippen MR) is 181 cm³/mol. The van der Waals surface area contributed by atoms with Crippen LogP contribution in [0.3, 0.4) is 0 Å². The van der Waals surface area contributed by atoms with Gasteiger partial charge in [0.2, 0.25) is 0 Å². The lowest BCUT2D eigenvalue weighted by Gasteiger charge is -2.42. The van der Waals surface area contributed by atoms with Crippen molar-refractivity contribution in [2.24, 2.45) is 0 Å². The number of para-hydroxylation sites is 2. The maximum Gasteiger partial charge on any atom is 0.141 e. The Kier molecular flexibility index (Phi) is 6.80.